The third-order valence-corrected chi connectivity index (χ3v) is 8.12. The van der Waals surface area contributed by atoms with E-state index in [0.29, 0.717) is 30.0 Å². The minimum absolute atomic E-state index is 0.00400. The number of hydrogen-bond acceptors (Lipinski definition) is 3. The monoisotopic (exact) mass is 304 g/mol. The zero-order valence-corrected chi connectivity index (χ0v) is 13.6. The highest BCUT2D eigenvalue weighted by molar-refractivity contribution is 5.87. The second-order valence-corrected chi connectivity index (χ2v) is 8.71. The normalized spacial score (nSPS) is 54.3. The summed E-state index contributed by atoms with van der Waals surface area (Å²) in [4.78, 5) is 25.0. The summed E-state index contributed by atoms with van der Waals surface area (Å²) in [7, 11) is 0. The zero-order valence-electron chi connectivity index (χ0n) is 13.6. The third kappa shape index (κ3) is 1.72. The van der Waals surface area contributed by atoms with Crippen molar-refractivity contribution in [2.45, 2.75) is 70.8 Å². The number of aldehydes is 1. The van der Waals surface area contributed by atoms with Gasteiger partial charge in [-0.15, -0.1) is 0 Å². The van der Waals surface area contributed by atoms with Crippen molar-refractivity contribution in [1.82, 2.24) is 0 Å². The number of hydrogen-bond donors (Lipinski definition) is 1. The van der Waals surface area contributed by atoms with Crippen LogP contribution in [0.4, 0.5) is 0 Å². The minimum atomic E-state index is -0.368. The molecule has 0 amide bonds. The number of fused-ring (bicyclic) bond motifs is 5. The van der Waals surface area contributed by atoms with E-state index in [1.165, 1.54) is 6.29 Å². The fourth-order valence-electron chi connectivity index (χ4n) is 6.94. The van der Waals surface area contributed by atoms with E-state index in [0.717, 1.165) is 51.4 Å². The van der Waals surface area contributed by atoms with Crippen LogP contribution in [0.15, 0.2) is 0 Å². The van der Waals surface area contributed by atoms with Crippen LogP contribution in [0.5, 0.6) is 0 Å². The molecule has 3 heteroatoms. The highest BCUT2D eigenvalue weighted by Gasteiger charge is 2.63. The first-order valence-electron chi connectivity index (χ1n) is 9.20. The Morgan fingerprint density at radius 1 is 1.09 bits per heavy atom. The van der Waals surface area contributed by atoms with Gasteiger partial charge in [0.25, 0.3) is 0 Å². The van der Waals surface area contributed by atoms with E-state index in [2.05, 4.69) is 6.92 Å². The Morgan fingerprint density at radius 2 is 1.91 bits per heavy atom. The number of carbonyl (C=O) groups excluding carboxylic acids is 2. The van der Waals surface area contributed by atoms with Crippen LogP contribution in [0.25, 0.3) is 0 Å². The molecule has 0 radical (unpaired) electrons. The maximum Gasteiger partial charge on any atom is 0.137 e. The lowest BCUT2D eigenvalue weighted by Gasteiger charge is -2.58. The topological polar surface area (TPSA) is 54.4 Å². The van der Waals surface area contributed by atoms with Gasteiger partial charge in [-0.05, 0) is 61.7 Å². The van der Waals surface area contributed by atoms with Gasteiger partial charge in [-0.2, -0.15) is 0 Å². The number of rotatable bonds is 1. The van der Waals surface area contributed by atoms with Crippen LogP contribution in [0.1, 0.15) is 64.7 Å². The first-order chi connectivity index (χ1) is 10.5. The molecule has 0 heterocycles. The Hall–Kier alpha value is -0.700. The SMILES string of the molecule is C[C@]12CC[C@H]3[C@@H](CC(=O)[C@H]4CCCC[C@@]43C=O)[C@@H]1CC[C@@H]2O. The molecule has 0 bridgehead atoms. The van der Waals surface area contributed by atoms with Crippen molar-refractivity contribution in [3.63, 3.8) is 0 Å². The second-order valence-electron chi connectivity index (χ2n) is 8.71. The predicted octanol–water partition coefficient (Wildman–Crippen LogP) is 3.14. The minimum Gasteiger partial charge on any atom is -0.393 e. The van der Waals surface area contributed by atoms with Crippen LogP contribution in [0, 0.1) is 34.5 Å². The van der Waals surface area contributed by atoms with Crippen LogP contribution in [0.2, 0.25) is 0 Å². The Bertz CT molecular complexity index is 501. The molecule has 22 heavy (non-hydrogen) atoms. The average molecular weight is 304 g/mol. The summed E-state index contributed by atoms with van der Waals surface area (Å²) in [6.07, 6.45) is 9.61. The van der Waals surface area contributed by atoms with Gasteiger partial charge in [-0.25, -0.2) is 0 Å². The van der Waals surface area contributed by atoms with Crippen molar-refractivity contribution in [3.05, 3.63) is 0 Å². The van der Waals surface area contributed by atoms with Gasteiger partial charge >= 0.3 is 0 Å². The molecule has 4 aliphatic carbocycles. The lowest BCUT2D eigenvalue weighted by molar-refractivity contribution is -0.163. The lowest BCUT2D eigenvalue weighted by Crippen LogP contribution is -2.58. The molecule has 0 aliphatic heterocycles. The van der Waals surface area contributed by atoms with Gasteiger partial charge in [0.1, 0.15) is 12.1 Å². The summed E-state index contributed by atoms with van der Waals surface area (Å²) in [5.41, 5.74) is -0.389. The van der Waals surface area contributed by atoms with Crippen molar-refractivity contribution in [3.8, 4) is 0 Å². The molecular formula is C19H28O3. The van der Waals surface area contributed by atoms with E-state index in [4.69, 9.17) is 0 Å². The maximum absolute atomic E-state index is 12.8. The predicted molar refractivity (Wildman–Crippen MR) is 83.1 cm³/mol. The van der Waals surface area contributed by atoms with Crippen LogP contribution in [0.3, 0.4) is 0 Å². The molecule has 4 rings (SSSR count). The van der Waals surface area contributed by atoms with E-state index in [9.17, 15) is 14.7 Å². The Morgan fingerprint density at radius 3 is 2.68 bits per heavy atom. The number of ketones is 1. The highest BCUT2D eigenvalue weighted by atomic mass is 16.3. The van der Waals surface area contributed by atoms with Crippen molar-refractivity contribution in [2.24, 2.45) is 34.5 Å². The molecule has 122 valence electrons. The lowest BCUT2D eigenvalue weighted by atomic mass is 9.45. The third-order valence-electron chi connectivity index (χ3n) is 8.12. The summed E-state index contributed by atoms with van der Waals surface area (Å²) in [5.74, 6) is 1.50. The summed E-state index contributed by atoms with van der Waals surface area (Å²) in [5, 5.41) is 10.4. The van der Waals surface area contributed by atoms with Crippen molar-refractivity contribution in [1.29, 1.82) is 0 Å². The molecule has 0 aromatic rings. The summed E-state index contributed by atoms with van der Waals surface area (Å²) < 4.78 is 0. The Kier molecular flexibility index (Phi) is 3.31. The fourth-order valence-corrected chi connectivity index (χ4v) is 6.94. The molecule has 0 unspecified atom stereocenters. The van der Waals surface area contributed by atoms with Gasteiger partial charge in [0.15, 0.2) is 0 Å². The van der Waals surface area contributed by atoms with E-state index in [1.807, 2.05) is 0 Å². The Balaban J connectivity index is 1.73. The zero-order chi connectivity index (χ0) is 15.5. The molecular weight excluding hydrogens is 276 g/mol. The van der Waals surface area contributed by atoms with Crippen molar-refractivity contribution < 1.29 is 14.7 Å². The van der Waals surface area contributed by atoms with Crippen LogP contribution in [-0.4, -0.2) is 23.3 Å². The van der Waals surface area contributed by atoms with E-state index in [-0.39, 0.29) is 22.9 Å². The van der Waals surface area contributed by atoms with Crippen LogP contribution < -0.4 is 0 Å². The Labute approximate surface area is 132 Å². The molecule has 4 fully saturated rings. The molecule has 0 saturated heterocycles. The van der Waals surface area contributed by atoms with E-state index < -0.39 is 0 Å². The maximum atomic E-state index is 12.8. The quantitative estimate of drug-likeness (QED) is 0.757. The van der Waals surface area contributed by atoms with Gasteiger partial charge in [-0.3, -0.25) is 4.79 Å². The average Bonchev–Trinajstić information content (AvgIpc) is 2.83. The smallest absolute Gasteiger partial charge is 0.137 e. The van der Waals surface area contributed by atoms with Gasteiger partial charge < -0.3 is 9.90 Å². The summed E-state index contributed by atoms with van der Waals surface area (Å²) in [6.45, 7) is 2.22. The van der Waals surface area contributed by atoms with Gasteiger partial charge in [0, 0.05) is 17.8 Å². The molecule has 4 saturated carbocycles. The molecule has 0 aromatic carbocycles. The van der Waals surface area contributed by atoms with Crippen LogP contribution in [-0.2, 0) is 9.59 Å². The van der Waals surface area contributed by atoms with Crippen molar-refractivity contribution >= 4 is 12.1 Å². The second kappa shape index (κ2) is 4.90. The molecule has 4 aliphatic rings. The van der Waals surface area contributed by atoms with E-state index >= 15 is 0 Å². The molecule has 0 spiro atoms. The van der Waals surface area contributed by atoms with Crippen LogP contribution >= 0.6 is 0 Å². The number of Topliss-reactive ketones (excluding diaryl/α,β-unsaturated/α-hetero) is 1. The van der Waals surface area contributed by atoms with E-state index in [1.54, 1.807) is 0 Å². The number of carbonyl (C=O) groups is 2. The first kappa shape index (κ1) is 14.9. The van der Waals surface area contributed by atoms with Gasteiger partial charge in [0.2, 0.25) is 0 Å². The standard InChI is InChI=1S/C19H28O3/c1-18-9-7-14-12(13(18)5-6-17(18)22)10-16(21)15-4-2-3-8-19(14,15)11-20/h11-15,17,22H,2-10H2,1H3/t12-,13-,14-,15+,17-,18-,19-/m0/s1. The number of aliphatic hydroxyl groups is 1. The summed E-state index contributed by atoms with van der Waals surface area (Å²) in [6, 6.07) is 0. The number of aliphatic hydroxyl groups excluding tert-OH is 1. The highest BCUT2D eigenvalue weighted by Crippen LogP contribution is 2.65. The van der Waals surface area contributed by atoms with Gasteiger partial charge in [-0.1, -0.05) is 19.8 Å². The largest absolute Gasteiger partial charge is 0.393 e. The first-order valence-corrected chi connectivity index (χ1v) is 9.20. The summed E-state index contributed by atoms with van der Waals surface area (Å²) >= 11 is 0. The molecule has 1 N–H and O–H groups in total. The molecule has 3 nitrogen and oxygen atoms in total. The van der Waals surface area contributed by atoms with Crippen molar-refractivity contribution in [2.75, 3.05) is 0 Å². The van der Waals surface area contributed by atoms with Gasteiger partial charge in [0.05, 0.1) is 6.10 Å². The molecule has 7 atom stereocenters. The fraction of sp³-hybridized carbons (Fsp3) is 0.895. The molecule has 0 aromatic heterocycles.